The van der Waals surface area contributed by atoms with Crippen molar-refractivity contribution in [1.82, 2.24) is 9.88 Å². The third kappa shape index (κ3) is 6.90. The lowest BCUT2D eigenvalue weighted by molar-refractivity contribution is -0.132. The second kappa shape index (κ2) is 11.4. The van der Waals surface area contributed by atoms with Gasteiger partial charge < -0.3 is 15.0 Å². The number of benzene rings is 1. The van der Waals surface area contributed by atoms with Crippen molar-refractivity contribution in [2.45, 2.75) is 46.6 Å². The number of anilines is 2. The molecule has 1 aliphatic heterocycles. The van der Waals surface area contributed by atoms with Crippen molar-refractivity contribution >= 4 is 23.3 Å². The number of carbonyl (C=O) groups excluding carboxylic acids is 2. The summed E-state index contributed by atoms with van der Waals surface area (Å²) in [6.45, 7) is 6.26. The molecular weight excluding hydrogens is 418 g/mol. The Balaban J connectivity index is 0.000000439. The van der Waals surface area contributed by atoms with Crippen LogP contribution >= 0.6 is 0 Å². The topological polar surface area (TPSA) is 74.8 Å². The number of para-hydroxylation sites is 1. The molecule has 0 atom stereocenters. The van der Waals surface area contributed by atoms with Gasteiger partial charge in [0.15, 0.2) is 0 Å². The number of nitrogens with one attached hydrogen (secondary N) is 1. The number of ether oxygens (including phenoxy) is 1. The van der Waals surface area contributed by atoms with E-state index >= 15 is 0 Å². The Kier molecular flexibility index (Phi) is 8.92. The Hall–Kier alpha value is -3.23. The van der Waals surface area contributed by atoms with Crippen molar-refractivity contribution < 1.29 is 23.1 Å². The molecule has 1 aromatic heterocycles. The molecule has 3 amide bonds. The smallest absolute Gasteiger partial charge is 0.388 e. The van der Waals surface area contributed by atoms with E-state index in [4.69, 9.17) is 0 Å². The number of aromatic nitrogens is 1. The van der Waals surface area contributed by atoms with E-state index in [1.807, 2.05) is 43.0 Å². The molecule has 0 unspecified atom stereocenters. The summed E-state index contributed by atoms with van der Waals surface area (Å²) in [7, 11) is 1.62. The Morgan fingerprint density at radius 3 is 2.31 bits per heavy atom. The molecule has 2 heterocycles. The molecule has 0 aliphatic carbocycles. The van der Waals surface area contributed by atoms with E-state index < -0.39 is 12.6 Å². The molecule has 174 valence electrons. The second-order valence-corrected chi connectivity index (χ2v) is 7.75. The van der Waals surface area contributed by atoms with Gasteiger partial charge in [0.25, 0.3) is 0 Å². The van der Waals surface area contributed by atoms with Crippen LogP contribution in [0, 0.1) is 6.92 Å². The first-order chi connectivity index (χ1) is 15.1. The van der Waals surface area contributed by atoms with Crippen LogP contribution in [-0.2, 0) is 4.79 Å². The highest BCUT2D eigenvalue weighted by Crippen LogP contribution is 2.28. The summed E-state index contributed by atoms with van der Waals surface area (Å²) in [6, 6.07) is 10.1. The number of urea groups is 1. The number of aryl methyl sites for hydroxylation is 1. The van der Waals surface area contributed by atoms with Crippen LogP contribution in [0.15, 0.2) is 36.4 Å². The maximum atomic E-state index is 12.6. The summed E-state index contributed by atoms with van der Waals surface area (Å²) >= 11 is 0. The summed E-state index contributed by atoms with van der Waals surface area (Å²) in [6.07, 6.45) is 1.19. The number of hydrogen-bond donors (Lipinski definition) is 1. The van der Waals surface area contributed by atoms with E-state index in [0.29, 0.717) is 5.69 Å². The van der Waals surface area contributed by atoms with Crippen LogP contribution < -0.4 is 15.0 Å². The van der Waals surface area contributed by atoms with E-state index in [2.05, 4.69) is 15.0 Å². The number of hydrogen-bond acceptors (Lipinski definition) is 4. The zero-order valence-corrected chi connectivity index (χ0v) is 19.1. The Morgan fingerprint density at radius 2 is 1.81 bits per heavy atom. The number of halogens is 2. The molecule has 2 aromatic rings. The largest absolute Gasteiger partial charge is 0.415 e. The van der Waals surface area contributed by atoms with Gasteiger partial charge in [0.2, 0.25) is 11.8 Å². The zero-order valence-electron chi connectivity index (χ0n) is 19.1. The number of pyridine rings is 1. The van der Waals surface area contributed by atoms with Crippen molar-refractivity contribution in [1.29, 1.82) is 0 Å². The molecule has 0 saturated carbocycles. The fourth-order valence-corrected chi connectivity index (χ4v) is 3.02. The molecule has 1 N–H and O–H groups in total. The molecule has 7 nitrogen and oxygen atoms in total. The lowest BCUT2D eigenvalue weighted by atomic mass is 10.0. The lowest BCUT2D eigenvalue weighted by Crippen LogP contribution is -2.40. The summed E-state index contributed by atoms with van der Waals surface area (Å²) in [5, 5.41) is 2.57. The molecule has 0 spiro atoms. The van der Waals surface area contributed by atoms with Gasteiger partial charge in [-0.15, -0.1) is 0 Å². The van der Waals surface area contributed by atoms with Gasteiger partial charge in [0.05, 0.1) is 0 Å². The van der Waals surface area contributed by atoms with Crippen LogP contribution in [0.25, 0.3) is 0 Å². The summed E-state index contributed by atoms with van der Waals surface area (Å²) < 4.78 is 29.5. The first kappa shape index (κ1) is 25.0. The third-order valence-electron chi connectivity index (χ3n) is 4.97. The molecule has 9 heteroatoms. The van der Waals surface area contributed by atoms with Crippen LogP contribution in [0.2, 0.25) is 0 Å². The monoisotopic (exact) mass is 448 g/mol. The molecule has 1 aromatic carbocycles. The quantitative estimate of drug-likeness (QED) is 0.697. The molecule has 0 bridgehead atoms. The normalized spacial score (nSPS) is 12.6. The van der Waals surface area contributed by atoms with Gasteiger partial charge in [-0.05, 0) is 43.0 Å². The molecule has 0 radical (unpaired) electrons. The van der Waals surface area contributed by atoms with E-state index in [9.17, 15) is 18.4 Å². The highest BCUT2D eigenvalue weighted by atomic mass is 19.3. The van der Waals surface area contributed by atoms with Gasteiger partial charge >= 0.3 is 12.6 Å². The van der Waals surface area contributed by atoms with Crippen LogP contribution in [0.1, 0.15) is 44.4 Å². The minimum Gasteiger partial charge on any atom is -0.415 e. The van der Waals surface area contributed by atoms with Crippen molar-refractivity contribution in [3.8, 4) is 5.88 Å². The number of carbonyl (C=O) groups is 2. The van der Waals surface area contributed by atoms with Gasteiger partial charge in [-0.2, -0.15) is 8.78 Å². The van der Waals surface area contributed by atoms with Gasteiger partial charge in [0.1, 0.15) is 5.69 Å². The molecule has 1 fully saturated rings. The lowest BCUT2D eigenvalue weighted by Gasteiger charge is -2.29. The van der Waals surface area contributed by atoms with Gasteiger partial charge in [-0.1, -0.05) is 32.0 Å². The average Bonchev–Trinajstić information content (AvgIpc) is 2.67. The second-order valence-electron chi connectivity index (χ2n) is 7.75. The number of amides is 3. The van der Waals surface area contributed by atoms with Crippen molar-refractivity contribution in [3.63, 3.8) is 0 Å². The van der Waals surface area contributed by atoms with E-state index in [-0.39, 0.29) is 23.4 Å². The summed E-state index contributed by atoms with van der Waals surface area (Å²) in [5.41, 5.74) is 2.34. The number of likely N-dealkylation sites (tertiary alicyclic amines) is 1. The van der Waals surface area contributed by atoms with Crippen LogP contribution in [0.4, 0.5) is 25.0 Å². The Bertz CT molecular complexity index is 933. The Labute approximate surface area is 187 Å². The van der Waals surface area contributed by atoms with Crippen molar-refractivity contribution in [2.75, 3.05) is 30.4 Å². The number of nitrogens with zero attached hydrogens (tertiary/aromatic N) is 3. The first-order valence-electron chi connectivity index (χ1n) is 10.4. The maximum absolute atomic E-state index is 12.6. The maximum Gasteiger partial charge on any atom is 0.388 e. The number of rotatable bonds is 5. The van der Waals surface area contributed by atoms with Crippen LogP contribution in [0.3, 0.4) is 0 Å². The zero-order chi connectivity index (χ0) is 23.8. The van der Waals surface area contributed by atoms with E-state index in [1.54, 1.807) is 27.0 Å². The predicted octanol–water partition coefficient (Wildman–Crippen LogP) is 5.02. The number of alkyl halides is 2. The van der Waals surface area contributed by atoms with E-state index in [1.165, 1.54) is 17.4 Å². The molecule has 1 aliphatic rings. The van der Waals surface area contributed by atoms with E-state index in [0.717, 1.165) is 24.3 Å². The standard InChI is InChI=1S/C18H21F2N3O2.C5H9NO/c1-11(2)13-7-5-6-8-15(13)23(4)18(24)22-14-10-9-12(3)21-16(14)25-17(19)20;1-5(7)6-3-2-4-6/h5-11,17H,1-4H3,(H,22,24);2-4H2,1H3. The minimum atomic E-state index is -3.02. The SMILES string of the molecule is CC(=O)N1CCC1.Cc1ccc(NC(=O)N(C)c2ccccc2C(C)C)c(OC(F)F)n1. The van der Waals surface area contributed by atoms with Gasteiger partial charge in [0, 0.05) is 38.4 Å². The highest BCUT2D eigenvalue weighted by molar-refractivity contribution is 6.02. The Morgan fingerprint density at radius 1 is 1.16 bits per heavy atom. The molecule has 1 saturated heterocycles. The average molecular weight is 449 g/mol. The van der Waals surface area contributed by atoms with Gasteiger partial charge in [-0.3, -0.25) is 9.69 Å². The van der Waals surface area contributed by atoms with Crippen LogP contribution in [0.5, 0.6) is 5.88 Å². The molecular formula is C23H30F2N4O3. The van der Waals surface area contributed by atoms with Gasteiger partial charge in [-0.25, -0.2) is 9.78 Å². The summed E-state index contributed by atoms with van der Waals surface area (Å²) in [5.74, 6) is 0.130. The molecule has 3 rings (SSSR count). The van der Waals surface area contributed by atoms with Crippen molar-refractivity contribution in [2.24, 2.45) is 0 Å². The highest BCUT2D eigenvalue weighted by Gasteiger charge is 2.19. The third-order valence-corrected chi connectivity index (χ3v) is 4.97. The summed E-state index contributed by atoms with van der Waals surface area (Å²) in [4.78, 5) is 30.1. The minimum absolute atomic E-state index is 0.0878. The fraction of sp³-hybridized carbons (Fsp3) is 0.435. The first-order valence-corrected chi connectivity index (χ1v) is 10.4. The van der Waals surface area contributed by atoms with Crippen LogP contribution in [-0.4, -0.2) is 48.6 Å². The molecule has 32 heavy (non-hydrogen) atoms. The van der Waals surface area contributed by atoms with Crippen molar-refractivity contribution in [3.05, 3.63) is 47.7 Å². The fourth-order valence-electron chi connectivity index (χ4n) is 3.02. The predicted molar refractivity (Wildman–Crippen MR) is 120 cm³/mol.